The van der Waals surface area contributed by atoms with Crippen molar-refractivity contribution in [3.05, 3.63) is 33.9 Å². The van der Waals surface area contributed by atoms with Crippen LogP contribution in [0.2, 0.25) is 0 Å². The first-order valence-electron chi connectivity index (χ1n) is 5.09. The van der Waals surface area contributed by atoms with Crippen molar-refractivity contribution in [3.8, 4) is 0 Å². The number of aromatic nitrogens is 1. The molecule has 84 valence electrons. The molecule has 16 heavy (non-hydrogen) atoms. The first-order valence-corrected chi connectivity index (χ1v) is 5.88. The zero-order chi connectivity index (χ0) is 11.7. The molecule has 0 unspecified atom stereocenters. The largest absolute Gasteiger partial charge is 0.461 e. The van der Waals surface area contributed by atoms with Crippen molar-refractivity contribution in [3.63, 3.8) is 0 Å². The monoisotopic (exact) mass is 281 g/mol. The van der Waals surface area contributed by atoms with Gasteiger partial charge in [-0.2, -0.15) is 0 Å². The van der Waals surface area contributed by atoms with Gasteiger partial charge in [0.05, 0.1) is 12.1 Å². The Morgan fingerprint density at radius 1 is 1.50 bits per heavy atom. The lowest BCUT2D eigenvalue weighted by Gasteiger charge is -1.99. The Balaban J connectivity index is 2.60. The maximum atomic E-state index is 11.7. The fourth-order valence-corrected chi connectivity index (χ4v) is 2.19. The molecule has 1 N–H and O–H groups in total. The topological polar surface area (TPSA) is 42.1 Å². The van der Waals surface area contributed by atoms with Crippen molar-refractivity contribution in [2.75, 3.05) is 6.61 Å². The summed E-state index contributed by atoms with van der Waals surface area (Å²) in [6.45, 7) is 4.10. The SMILES string of the molecule is CCOC(=O)c1[nH]c2c(Br)cccc2c1C. The molecule has 2 aromatic rings. The van der Waals surface area contributed by atoms with Gasteiger partial charge in [-0.15, -0.1) is 0 Å². The summed E-state index contributed by atoms with van der Waals surface area (Å²) in [5.41, 5.74) is 2.39. The molecule has 0 amide bonds. The number of esters is 1. The summed E-state index contributed by atoms with van der Waals surface area (Å²) in [5.74, 6) is -0.303. The van der Waals surface area contributed by atoms with Crippen LogP contribution in [-0.4, -0.2) is 17.6 Å². The summed E-state index contributed by atoms with van der Waals surface area (Å²) >= 11 is 3.45. The van der Waals surface area contributed by atoms with Crippen molar-refractivity contribution < 1.29 is 9.53 Å². The molecule has 4 heteroatoms. The number of hydrogen-bond acceptors (Lipinski definition) is 2. The maximum Gasteiger partial charge on any atom is 0.355 e. The van der Waals surface area contributed by atoms with Crippen LogP contribution in [0.1, 0.15) is 23.0 Å². The molecule has 0 saturated carbocycles. The highest BCUT2D eigenvalue weighted by atomic mass is 79.9. The molecule has 0 spiro atoms. The number of aryl methyl sites for hydroxylation is 1. The van der Waals surface area contributed by atoms with E-state index in [0.717, 1.165) is 20.9 Å². The zero-order valence-electron chi connectivity index (χ0n) is 9.13. The third kappa shape index (κ3) is 1.73. The average molecular weight is 282 g/mol. The number of rotatable bonds is 2. The molecule has 0 atom stereocenters. The Morgan fingerprint density at radius 2 is 2.25 bits per heavy atom. The van der Waals surface area contributed by atoms with Crippen LogP contribution in [0.25, 0.3) is 10.9 Å². The molecule has 2 rings (SSSR count). The van der Waals surface area contributed by atoms with Gasteiger partial charge in [0, 0.05) is 9.86 Å². The molecule has 1 aromatic carbocycles. The van der Waals surface area contributed by atoms with Crippen LogP contribution in [0.3, 0.4) is 0 Å². The highest BCUT2D eigenvalue weighted by molar-refractivity contribution is 9.10. The third-order valence-electron chi connectivity index (χ3n) is 2.52. The number of benzene rings is 1. The Hall–Kier alpha value is -1.29. The smallest absolute Gasteiger partial charge is 0.355 e. The van der Waals surface area contributed by atoms with Gasteiger partial charge in [-0.3, -0.25) is 0 Å². The molecule has 0 radical (unpaired) electrons. The molecular weight excluding hydrogens is 270 g/mol. The minimum Gasteiger partial charge on any atom is -0.461 e. The van der Waals surface area contributed by atoms with Crippen molar-refractivity contribution in [2.45, 2.75) is 13.8 Å². The zero-order valence-corrected chi connectivity index (χ0v) is 10.7. The third-order valence-corrected chi connectivity index (χ3v) is 3.18. The Bertz CT molecular complexity index is 545. The highest BCUT2D eigenvalue weighted by Crippen LogP contribution is 2.28. The number of nitrogens with one attached hydrogen (secondary N) is 1. The normalized spacial score (nSPS) is 10.7. The second-order valence-electron chi connectivity index (χ2n) is 3.51. The van der Waals surface area contributed by atoms with E-state index in [1.165, 1.54) is 0 Å². The number of ether oxygens (including phenoxy) is 1. The van der Waals surface area contributed by atoms with Crippen molar-refractivity contribution in [2.24, 2.45) is 0 Å². The molecule has 0 bridgehead atoms. The summed E-state index contributed by atoms with van der Waals surface area (Å²) in [5, 5.41) is 1.04. The van der Waals surface area contributed by atoms with Crippen LogP contribution in [0.5, 0.6) is 0 Å². The summed E-state index contributed by atoms with van der Waals surface area (Å²) in [6, 6.07) is 5.87. The van der Waals surface area contributed by atoms with Crippen LogP contribution in [0, 0.1) is 6.92 Å². The van der Waals surface area contributed by atoms with Crippen molar-refractivity contribution in [1.29, 1.82) is 0 Å². The fourth-order valence-electron chi connectivity index (χ4n) is 1.72. The van der Waals surface area contributed by atoms with Crippen LogP contribution in [-0.2, 0) is 4.74 Å². The Labute approximate surface area is 102 Å². The second kappa shape index (κ2) is 4.29. The van der Waals surface area contributed by atoms with Gasteiger partial charge in [-0.1, -0.05) is 12.1 Å². The molecule has 0 aliphatic rings. The predicted molar refractivity (Wildman–Crippen MR) is 66.7 cm³/mol. The molecule has 3 nitrogen and oxygen atoms in total. The van der Waals surface area contributed by atoms with E-state index in [-0.39, 0.29) is 5.97 Å². The van der Waals surface area contributed by atoms with Crippen molar-refractivity contribution in [1.82, 2.24) is 4.98 Å². The number of hydrogen-bond donors (Lipinski definition) is 1. The summed E-state index contributed by atoms with van der Waals surface area (Å²) < 4.78 is 5.94. The van der Waals surface area contributed by atoms with E-state index in [1.54, 1.807) is 6.92 Å². The van der Waals surface area contributed by atoms with Gasteiger partial charge in [0.2, 0.25) is 0 Å². The molecule has 1 aromatic heterocycles. The standard InChI is InChI=1S/C12H12BrNO2/c1-3-16-12(15)10-7(2)8-5-4-6-9(13)11(8)14-10/h4-6,14H,3H2,1-2H3. The molecule has 0 saturated heterocycles. The van der Waals surface area contributed by atoms with Gasteiger partial charge in [0.15, 0.2) is 0 Å². The van der Waals surface area contributed by atoms with E-state index in [1.807, 2.05) is 25.1 Å². The van der Waals surface area contributed by atoms with Gasteiger partial charge >= 0.3 is 5.97 Å². The summed E-state index contributed by atoms with van der Waals surface area (Å²) in [6.07, 6.45) is 0. The molecule has 0 aliphatic carbocycles. The Kier molecular flexibility index (Phi) is 3.01. The quantitative estimate of drug-likeness (QED) is 0.857. The molecular formula is C12H12BrNO2. The lowest BCUT2D eigenvalue weighted by Crippen LogP contribution is -2.06. The van der Waals surface area contributed by atoms with Gasteiger partial charge in [-0.05, 0) is 41.4 Å². The first kappa shape index (κ1) is 11.2. The summed E-state index contributed by atoms with van der Waals surface area (Å²) in [4.78, 5) is 14.8. The van der Waals surface area contributed by atoms with Gasteiger partial charge < -0.3 is 9.72 Å². The number of aromatic amines is 1. The van der Waals surface area contributed by atoms with Crippen LogP contribution in [0.15, 0.2) is 22.7 Å². The lowest BCUT2D eigenvalue weighted by atomic mass is 10.1. The molecule has 1 heterocycles. The van der Waals surface area contributed by atoms with E-state index in [9.17, 15) is 4.79 Å². The lowest BCUT2D eigenvalue weighted by molar-refractivity contribution is 0.0520. The molecule has 0 fully saturated rings. The second-order valence-corrected chi connectivity index (χ2v) is 4.36. The molecule has 0 aliphatic heterocycles. The van der Waals surface area contributed by atoms with E-state index in [0.29, 0.717) is 12.3 Å². The van der Waals surface area contributed by atoms with Crippen molar-refractivity contribution >= 4 is 32.8 Å². The first-order chi connectivity index (χ1) is 7.65. The van der Waals surface area contributed by atoms with E-state index < -0.39 is 0 Å². The van der Waals surface area contributed by atoms with E-state index in [4.69, 9.17) is 4.74 Å². The Morgan fingerprint density at radius 3 is 2.88 bits per heavy atom. The number of carbonyl (C=O) groups excluding carboxylic acids is 1. The highest BCUT2D eigenvalue weighted by Gasteiger charge is 2.16. The number of carbonyl (C=O) groups is 1. The van der Waals surface area contributed by atoms with Crippen LogP contribution >= 0.6 is 15.9 Å². The maximum absolute atomic E-state index is 11.7. The van der Waals surface area contributed by atoms with Crippen LogP contribution < -0.4 is 0 Å². The average Bonchev–Trinajstić information content (AvgIpc) is 2.59. The van der Waals surface area contributed by atoms with E-state index in [2.05, 4.69) is 20.9 Å². The predicted octanol–water partition coefficient (Wildman–Crippen LogP) is 3.42. The number of halogens is 1. The van der Waals surface area contributed by atoms with Gasteiger partial charge in [0.1, 0.15) is 5.69 Å². The number of H-pyrrole nitrogens is 1. The van der Waals surface area contributed by atoms with Crippen LogP contribution in [0.4, 0.5) is 0 Å². The number of para-hydroxylation sites is 1. The summed E-state index contributed by atoms with van der Waals surface area (Å²) in [7, 11) is 0. The fraction of sp³-hybridized carbons (Fsp3) is 0.250. The van der Waals surface area contributed by atoms with E-state index >= 15 is 0 Å². The minimum atomic E-state index is -0.303. The van der Waals surface area contributed by atoms with Gasteiger partial charge in [0.25, 0.3) is 0 Å². The minimum absolute atomic E-state index is 0.303. The van der Waals surface area contributed by atoms with Gasteiger partial charge in [-0.25, -0.2) is 4.79 Å². The number of fused-ring (bicyclic) bond motifs is 1.